The number of likely N-dealkylation sites (N-methyl/N-ethyl adjacent to an activating group) is 6. The monoisotopic (exact) mass is 2030 g/mol. The molecule has 37 nitrogen and oxygen atoms in total. The molecule has 774 valence electrons. The third-order valence-corrected chi connectivity index (χ3v) is 26.0. The van der Waals surface area contributed by atoms with Crippen LogP contribution < -0.4 is 45.6 Å². The molecule has 0 atom stereocenters. The Labute approximate surface area is 867 Å². The fourth-order valence-corrected chi connectivity index (χ4v) is 17.4. The van der Waals surface area contributed by atoms with Gasteiger partial charge in [0.2, 0.25) is 0 Å². The van der Waals surface area contributed by atoms with E-state index < -0.39 is 5.92 Å². The summed E-state index contributed by atoms with van der Waals surface area (Å²) in [5.74, 6) is 0.801. The number of anilines is 8. The predicted octanol–water partition coefficient (Wildman–Crippen LogP) is 15.6. The van der Waals surface area contributed by atoms with Crippen molar-refractivity contribution in [2.75, 3.05) is 210 Å². The quantitative estimate of drug-likeness (QED) is 0.0184. The van der Waals surface area contributed by atoms with E-state index in [1.807, 2.05) is 265 Å². The summed E-state index contributed by atoms with van der Waals surface area (Å²) in [6.07, 6.45) is 22.3. The van der Waals surface area contributed by atoms with Gasteiger partial charge >= 0.3 is 0 Å². The van der Waals surface area contributed by atoms with E-state index in [2.05, 4.69) is 153 Å². The number of amides is 4. The first-order chi connectivity index (χ1) is 72.5. The first kappa shape index (κ1) is 105. The zero-order valence-electron chi connectivity index (χ0n) is 85.9. The van der Waals surface area contributed by atoms with Crippen LogP contribution in [0.3, 0.4) is 0 Å². The standard InChI is InChI=1S/C29H36N8O2.C29H29N7O2.C28H34N8O2.C25H25F2N7O/c1-35(2)12-13-36(3)27-7-5-23(18-31-27)32-29(39)28-25-15-21(4-6-26(25)33-34-28)22-14-20(16-30-17-22)19-37-10-8-24(38)9-11-37;1-35(2)13-14-36(3)27-12-10-22(18-31-27)32-29(37)28-25-16-20(9-11-26(25)33-34-28)21-15-24(19-30-17-21)38-23-7-5-4-6-8-23;1-34(2)8-9-35(3)26-7-5-23(18-30-26)31-28(37)27-24-15-21(4-6-25(24)32-33-27)22-14-20(16-29-17-22)19-36-10-12-38-13-11-36;1-33(2)22-6-4-19(13-29-22)30-24(35)23-20-10-17(3-5-21(20)31-32-23)18-9-16(11-28-12-18)14-34-8-7-25(26,27)15-34/h4-7,14-18,24,38H,8-13,19H2,1-3H3,(H,32,39)(H,33,34);4-12,15-19H,13-14H2,1-3H3,(H,32,37)(H,33,34);4-7,14-18H,8-13,19H2,1-3H3,(H,31,37)(H,32,33);3-6,9-13H,7-8,14-15H2,1-2H3,(H,30,35)(H,31,32). The lowest BCUT2D eigenvalue weighted by Crippen LogP contribution is -2.35. The Hall–Kier alpha value is -16.4. The number of rotatable bonds is 33. The number of carbonyl (C=O) groups is 4. The molecule has 20 rings (SSSR count). The zero-order valence-corrected chi connectivity index (χ0v) is 85.9. The first-order valence-corrected chi connectivity index (χ1v) is 49.6. The maximum Gasteiger partial charge on any atom is 0.276 e. The van der Waals surface area contributed by atoms with Gasteiger partial charge in [0.15, 0.2) is 22.8 Å². The van der Waals surface area contributed by atoms with Gasteiger partial charge in [-0.15, -0.1) is 0 Å². The number of hydrogen-bond donors (Lipinski definition) is 9. The number of morpholine rings is 1. The summed E-state index contributed by atoms with van der Waals surface area (Å²) in [4.78, 5) is 109. The molecule has 0 saturated carbocycles. The molecular formula is C111H124F2N30O7. The molecule has 0 unspecified atom stereocenters. The van der Waals surface area contributed by atoms with Crippen LogP contribution in [-0.4, -0.2) is 320 Å². The highest BCUT2D eigenvalue weighted by Crippen LogP contribution is 2.36. The third kappa shape index (κ3) is 27.9. The molecule has 0 aliphatic carbocycles. The predicted molar refractivity (Wildman–Crippen MR) is 584 cm³/mol. The summed E-state index contributed by atoms with van der Waals surface area (Å²) < 4.78 is 38.5. The maximum absolute atomic E-state index is 13.5. The second-order valence-corrected chi connectivity index (χ2v) is 38.6. The average Bonchev–Trinajstić information content (AvgIpc) is 1.63. The number of nitrogens with one attached hydrogen (secondary N) is 8. The number of carbonyl (C=O) groups excluding carboxylic acids is 4. The molecule has 0 bridgehead atoms. The Morgan fingerprint density at radius 2 is 0.700 bits per heavy atom. The van der Waals surface area contributed by atoms with Gasteiger partial charge in [0, 0.05) is 220 Å². The smallest absolute Gasteiger partial charge is 0.276 e. The summed E-state index contributed by atoms with van der Waals surface area (Å²) in [5, 5.41) is 53.1. The van der Waals surface area contributed by atoms with Crippen molar-refractivity contribution in [1.29, 1.82) is 0 Å². The summed E-state index contributed by atoms with van der Waals surface area (Å²) in [5.41, 5.74) is 17.2. The largest absolute Gasteiger partial charge is 0.456 e. The van der Waals surface area contributed by atoms with Crippen LogP contribution in [0.5, 0.6) is 11.5 Å². The van der Waals surface area contributed by atoms with Gasteiger partial charge in [0.1, 0.15) is 34.8 Å². The summed E-state index contributed by atoms with van der Waals surface area (Å²) in [7, 11) is 22.0. The molecule has 0 radical (unpaired) electrons. The normalized spacial score (nSPS) is 13.8. The van der Waals surface area contributed by atoms with Gasteiger partial charge in [-0.3, -0.25) is 74.2 Å². The number of aromatic amines is 4. The number of ether oxygens (including phenoxy) is 2. The van der Waals surface area contributed by atoms with Gasteiger partial charge in [-0.25, -0.2) is 28.7 Å². The number of aromatic nitrogens is 16. The van der Waals surface area contributed by atoms with E-state index in [0.29, 0.717) is 69.4 Å². The molecule has 15 heterocycles. The zero-order chi connectivity index (χ0) is 105. The van der Waals surface area contributed by atoms with Gasteiger partial charge in [-0.05, 0) is 228 Å². The highest BCUT2D eigenvalue weighted by molar-refractivity contribution is 6.15. The second-order valence-electron chi connectivity index (χ2n) is 38.6. The molecule has 3 aliphatic heterocycles. The van der Waals surface area contributed by atoms with Crippen molar-refractivity contribution in [2.24, 2.45) is 0 Å². The number of benzene rings is 5. The van der Waals surface area contributed by atoms with Crippen molar-refractivity contribution in [2.45, 2.75) is 50.9 Å². The number of pyridine rings is 8. The summed E-state index contributed by atoms with van der Waals surface area (Å²) in [6.45, 7) is 12.7. The molecule has 0 spiro atoms. The van der Waals surface area contributed by atoms with Crippen LogP contribution in [0.15, 0.2) is 250 Å². The number of nitrogens with zero attached hydrogens (tertiary/aromatic N) is 22. The van der Waals surface area contributed by atoms with Crippen LogP contribution in [0.2, 0.25) is 0 Å². The number of alkyl halides is 2. The Morgan fingerprint density at radius 3 is 1.03 bits per heavy atom. The van der Waals surface area contributed by atoms with Crippen molar-refractivity contribution in [1.82, 2.24) is 110 Å². The van der Waals surface area contributed by atoms with E-state index in [0.717, 1.165) is 228 Å². The van der Waals surface area contributed by atoms with Crippen molar-refractivity contribution >= 4 is 113 Å². The average molecular weight is 2030 g/mol. The van der Waals surface area contributed by atoms with Crippen molar-refractivity contribution < 1.29 is 42.5 Å². The van der Waals surface area contributed by atoms with E-state index in [1.165, 1.54) is 0 Å². The van der Waals surface area contributed by atoms with E-state index >= 15 is 0 Å². The Kier molecular flexibility index (Phi) is 34.3. The van der Waals surface area contributed by atoms with Gasteiger partial charge < -0.3 is 70.1 Å². The van der Waals surface area contributed by atoms with Crippen LogP contribution in [-0.2, 0) is 24.4 Å². The SMILES string of the molecule is CN(C)CCN(C)c1ccc(NC(=O)c2n[nH]c3ccc(-c4cncc(CN5CCC(O)CC5)c4)cc23)cn1.CN(C)CCN(C)c1ccc(NC(=O)c2n[nH]c3ccc(-c4cncc(CN5CCOCC5)c4)cc23)cn1.CN(C)CCN(C)c1ccc(NC(=O)c2n[nH]c3ccc(-c4cncc(Oc5ccccc5)c4)cc23)cn1.CN(C)c1ccc(NC(=O)c2n[nH]c3ccc(-c4cncc(CN5CCC(F)(F)C5)c4)cc23)cn1. The first-order valence-electron chi connectivity index (χ1n) is 49.6. The number of H-pyrrole nitrogens is 4. The summed E-state index contributed by atoms with van der Waals surface area (Å²) >= 11 is 0. The number of likely N-dealkylation sites (tertiary alicyclic amines) is 2. The topological polar surface area (TPSA) is 405 Å². The molecule has 5 aromatic carbocycles. The Bertz CT molecular complexity index is 7440. The summed E-state index contributed by atoms with van der Waals surface area (Å²) in [6, 6.07) is 55.9. The maximum atomic E-state index is 13.5. The van der Waals surface area contributed by atoms with Crippen molar-refractivity contribution in [3.8, 4) is 56.0 Å². The number of hydrogen-bond acceptors (Lipinski definition) is 29. The fourth-order valence-electron chi connectivity index (χ4n) is 17.4. The van der Waals surface area contributed by atoms with E-state index in [4.69, 9.17) is 9.47 Å². The number of halogens is 2. The van der Waals surface area contributed by atoms with Gasteiger partial charge in [0.25, 0.3) is 29.6 Å². The minimum atomic E-state index is -2.63. The number of aliphatic hydroxyl groups excluding tert-OH is 1. The second kappa shape index (κ2) is 48.9. The molecule has 4 amide bonds. The van der Waals surface area contributed by atoms with Crippen molar-refractivity contribution in [3.63, 3.8) is 0 Å². The van der Waals surface area contributed by atoms with Crippen LogP contribution in [0.25, 0.3) is 88.1 Å². The molecular weight excluding hydrogens is 1900 g/mol. The van der Waals surface area contributed by atoms with E-state index in [1.54, 1.807) is 60.5 Å². The molecule has 17 aromatic rings. The molecule has 150 heavy (non-hydrogen) atoms. The molecule has 3 saturated heterocycles. The molecule has 39 heteroatoms. The number of fused-ring (bicyclic) bond motifs is 4. The highest BCUT2D eigenvalue weighted by atomic mass is 19.3. The fraction of sp³-hybridized carbons (Fsp3) is 0.297. The van der Waals surface area contributed by atoms with Crippen molar-refractivity contribution in [3.05, 3.63) is 290 Å². The lowest BCUT2D eigenvalue weighted by Gasteiger charge is -2.29. The van der Waals surface area contributed by atoms with Crippen LogP contribution >= 0.6 is 0 Å². The highest BCUT2D eigenvalue weighted by Gasteiger charge is 2.38. The number of aliphatic hydroxyl groups is 1. The van der Waals surface area contributed by atoms with E-state index in [9.17, 15) is 33.1 Å². The van der Waals surface area contributed by atoms with Crippen LogP contribution in [0.4, 0.5) is 54.8 Å². The third-order valence-electron chi connectivity index (χ3n) is 26.0. The van der Waals surface area contributed by atoms with Crippen LogP contribution in [0, 0.1) is 0 Å². The number of piperidine rings is 1. The molecule has 3 aliphatic rings. The van der Waals surface area contributed by atoms with Gasteiger partial charge in [-0.1, -0.05) is 42.5 Å². The Morgan fingerprint density at radius 1 is 0.367 bits per heavy atom. The molecule has 3 fully saturated rings. The Balaban J connectivity index is 0.000000136. The lowest BCUT2D eigenvalue weighted by atomic mass is 10.0. The molecule has 9 N–H and O–H groups in total. The minimum Gasteiger partial charge on any atom is -0.456 e. The molecule has 12 aromatic heterocycles. The number of para-hydroxylation sites is 1. The van der Waals surface area contributed by atoms with Crippen LogP contribution in [0.1, 0.15) is 77.9 Å². The lowest BCUT2D eigenvalue weighted by molar-refractivity contribution is 0.0114. The minimum absolute atomic E-state index is 0.113. The van der Waals surface area contributed by atoms with Gasteiger partial charge in [0.05, 0.1) is 102 Å². The van der Waals surface area contributed by atoms with E-state index in [-0.39, 0.29) is 48.4 Å². The van der Waals surface area contributed by atoms with Gasteiger partial charge in [-0.2, -0.15) is 20.4 Å².